The fourth-order valence-corrected chi connectivity index (χ4v) is 1.33. The number of rotatable bonds is 4. The molecule has 0 saturated heterocycles. The van der Waals surface area contributed by atoms with Gasteiger partial charge in [0.05, 0.1) is 12.3 Å². The molecule has 5 heteroatoms. The van der Waals surface area contributed by atoms with E-state index in [9.17, 15) is 4.79 Å². The number of carboxylic acids is 1. The zero-order valence-corrected chi connectivity index (χ0v) is 8.14. The Morgan fingerprint density at radius 2 is 2.33 bits per heavy atom. The molecule has 1 aromatic heterocycles. The third kappa shape index (κ3) is 2.07. The van der Waals surface area contributed by atoms with Crippen LogP contribution in [0, 0.1) is 0 Å². The zero-order valence-electron chi connectivity index (χ0n) is 8.14. The van der Waals surface area contributed by atoms with Gasteiger partial charge >= 0.3 is 5.97 Å². The minimum Gasteiger partial charge on any atom is -0.488 e. The normalized spacial score (nSPS) is 15.0. The molecule has 80 valence electrons. The lowest BCUT2D eigenvalue weighted by atomic mass is 10.1. The average molecular weight is 208 g/mol. The van der Waals surface area contributed by atoms with E-state index in [1.54, 1.807) is 0 Å². The number of carbonyl (C=O) groups is 1. The summed E-state index contributed by atoms with van der Waals surface area (Å²) in [6, 6.07) is 0. The van der Waals surface area contributed by atoms with Crippen molar-refractivity contribution in [1.29, 1.82) is 0 Å². The molecule has 0 bridgehead atoms. The van der Waals surface area contributed by atoms with Gasteiger partial charge in [0.25, 0.3) is 0 Å². The first-order valence-electron chi connectivity index (χ1n) is 4.79. The van der Waals surface area contributed by atoms with Gasteiger partial charge in [-0.25, -0.2) is 4.79 Å². The van der Waals surface area contributed by atoms with Crippen molar-refractivity contribution >= 4 is 5.97 Å². The maximum atomic E-state index is 11.0. The van der Waals surface area contributed by atoms with Crippen LogP contribution in [0.1, 0.15) is 28.8 Å². The molecule has 1 saturated carbocycles. The molecule has 0 aromatic carbocycles. The molecule has 0 radical (unpaired) electrons. The van der Waals surface area contributed by atoms with E-state index < -0.39 is 5.97 Å². The molecule has 0 spiro atoms. The van der Waals surface area contributed by atoms with Gasteiger partial charge in [0.1, 0.15) is 5.56 Å². The summed E-state index contributed by atoms with van der Waals surface area (Å²) in [6.07, 6.45) is 5.00. The Balaban J connectivity index is 2.37. The van der Waals surface area contributed by atoms with E-state index in [2.05, 4.69) is 4.98 Å². The maximum Gasteiger partial charge on any atom is 0.339 e. The molecular weight excluding hydrogens is 196 g/mol. The van der Waals surface area contributed by atoms with Crippen LogP contribution in [-0.2, 0) is 6.54 Å². The number of nitrogens with zero attached hydrogens (tertiary/aromatic N) is 1. The molecule has 1 aliphatic rings. The van der Waals surface area contributed by atoms with Gasteiger partial charge in [-0.15, -0.1) is 0 Å². The fraction of sp³-hybridized carbons (Fsp3) is 0.400. The lowest BCUT2D eigenvalue weighted by Gasteiger charge is -2.10. The van der Waals surface area contributed by atoms with Gasteiger partial charge in [-0.1, -0.05) is 0 Å². The highest BCUT2D eigenvalue weighted by atomic mass is 16.5. The van der Waals surface area contributed by atoms with Crippen molar-refractivity contribution in [3.63, 3.8) is 0 Å². The molecule has 3 N–H and O–H groups in total. The standard InChI is InChI=1S/C10H12N2O3/c11-3-6-4-12-5-8(9(6)10(13)14)15-7-1-2-7/h4-5,7H,1-3,11H2,(H,13,14). The smallest absolute Gasteiger partial charge is 0.339 e. The van der Waals surface area contributed by atoms with Crippen molar-refractivity contribution in [3.8, 4) is 5.75 Å². The largest absolute Gasteiger partial charge is 0.488 e. The highest BCUT2D eigenvalue weighted by Gasteiger charge is 2.26. The Hall–Kier alpha value is -1.62. The number of hydrogen-bond acceptors (Lipinski definition) is 4. The maximum absolute atomic E-state index is 11.0. The van der Waals surface area contributed by atoms with Crippen molar-refractivity contribution < 1.29 is 14.6 Å². The van der Waals surface area contributed by atoms with Crippen LogP contribution in [-0.4, -0.2) is 22.2 Å². The molecule has 1 aliphatic carbocycles. The van der Waals surface area contributed by atoms with Crippen LogP contribution in [0.2, 0.25) is 0 Å². The minimum atomic E-state index is -1.02. The second-order valence-corrected chi connectivity index (χ2v) is 3.50. The highest BCUT2D eigenvalue weighted by molar-refractivity contribution is 5.92. The summed E-state index contributed by atoms with van der Waals surface area (Å²) < 4.78 is 5.46. The molecule has 1 fully saturated rings. The Bertz CT molecular complexity index is 388. The van der Waals surface area contributed by atoms with Crippen molar-refractivity contribution in [2.75, 3.05) is 0 Å². The summed E-state index contributed by atoms with van der Waals surface area (Å²) >= 11 is 0. The van der Waals surface area contributed by atoms with Crippen molar-refractivity contribution in [1.82, 2.24) is 4.98 Å². The van der Waals surface area contributed by atoms with E-state index in [0.717, 1.165) is 12.8 Å². The van der Waals surface area contributed by atoms with Crippen molar-refractivity contribution in [3.05, 3.63) is 23.5 Å². The van der Waals surface area contributed by atoms with Crippen LogP contribution >= 0.6 is 0 Å². The van der Waals surface area contributed by atoms with Gasteiger partial charge in [-0.2, -0.15) is 0 Å². The first kappa shape index (κ1) is 9.92. The quantitative estimate of drug-likeness (QED) is 0.763. The number of nitrogens with two attached hydrogens (primary N) is 1. The Morgan fingerprint density at radius 3 is 2.87 bits per heavy atom. The summed E-state index contributed by atoms with van der Waals surface area (Å²) in [4.78, 5) is 15.0. The molecular formula is C10H12N2O3. The van der Waals surface area contributed by atoms with E-state index in [1.165, 1.54) is 12.4 Å². The third-order valence-corrected chi connectivity index (χ3v) is 2.24. The van der Waals surface area contributed by atoms with Crippen LogP contribution in [0.25, 0.3) is 0 Å². The van der Waals surface area contributed by atoms with Crippen LogP contribution in [0.3, 0.4) is 0 Å². The number of hydrogen-bond donors (Lipinski definition) is 2. The van der Waals surface area contributed by atoms with Crippen LogP contribution in [0.4, 0.5) is 0 Å². The van der Waals surface area contributed by atoms with Crippen LogP contribution < -0.4 is 10.5 Å². The van der Waals surface area contributed by atoms with E-state index >= 15 is 0 Å². The summed E-state index contributed by atoms with van der Waals surface area (Å²) in [5, 5.41) is 9.05. The van der Waals surface area contributed by atoms with Gasteiger partial charge in [-0.05, 0) is 12.8 Å². The van der Waals surface area contributed by atoms with Gasteiger partial charge in [-0.3, -0.25) is 4.98 Å². The molecule has 0 atom stereocenters. The van der Waals surface area contributed by atoms with Gasteiger partial charge in [0, 0.05) is 18.3 Å². The number of ether oxygens (including phenoxy) is 1. The SMILES string of the molecule is NCc1cncc(OC2CC2)c1C(=O)O. The monoisotopic (exact) mass is 208 g/mol. The first-order valence-corrected chi connectivity index (χ1v) is 4.79. The van der Waals surface area contributed by atoms with Crippen molar-refractivity contribution in [2.45, 2.75) is 25.5 Å². The lowest BCUT2D eigenvalue weighted by Crippen LogP contribution is -2.11. The summed E-state index contributed by atoms with van der Waals surface area (Å²) in [5.74, 6) is -0.693. The predicted octanol–water partition coefficient (Wildman–Crippen LogP) is 0.780. The van der Waals surface area contributed by atoms with Crippen LogP contribution in [0.15, 0.2) is 12.4 Å². The second-order valence-electron chi connectivity index (χ2n) is 3.50. The summed E-state index contributed by atoms with van der Waals surface area (Å²) in [5.41, 5.74) is 6.08. The average Bonchev–Trinajstić information content (AvgIpc) is 3.01. The predicted molar refractivity (Wildman–Crippen MR) is 52.7 cm³/mol. The Labute approximate surface area is 86.9 Å². The van der Waals surface area contributed by atoms with Crippen LogP contribution in [0.5, 0.6) is 5.75 Å². The first-order chi connectivity index (χ1) is 7.22. The van der Waals surface area contributed by atoms with Gasteiger partial charge < -0.3 is 15.6 Å². The third-order valence-electron chi connectivity index (χ3n) is 2.24. The Kier molecular flexibility index (Phi) is 2.55. The van der Waals surface area contributed by atoms with E-state index in [1.807, 2.05) is 0 Å². The number of carboxylic acid groups (broad SMARTS) is 1. The minimum absolute atomic E-state index is 0.138. The van der Waals surface area contributed by atoms with Crippen molar-refractivity contribution in [2.24, 2.45) is 5.73 Å². The number of aromatic nitrogens is 1. The summed E-state index contributed by atoms with van der Waals surface area (Å²) in [6.45, 7) is 0.149. The molecule has 2 rings (SSSR count). The molecule has 1 heterocycles. The molecule has 5 nitrogen and oxygen atoms in total. The van der Waals surface area contributed by atoms with E-state index in [0.29, 0.717) is 11.3 Å². The fourth-order valence-electron chi connectivity index (χ4n) is 1.33. The summed E-state index contributed by atoms with van der Waals surface area (Å²) in [7, 11) is 0. The molecule has 15 heavy (non-hydrogen) atoms. The topological polar surface area (TPSA) is 85.4 Å². The molecule has 0 unspecified atom stereocenters. The van der Waals surface area contributed by atoms with Gasteiger partial charge in [0.2, 0.25) is 0 Å². The second kappa shape index (κ2) is 3.86. The lowest BCUT2D eigenvalue weighted by molar-refractivity contribution is 0.0690. The molecule has 0 aliphatic heterocycles. The molecule has 1 aromatic rings. The van der Waals surface area contributed by atoms with E-state index in [-0.39, 0.29) is 18.2 Å². The molecule has 0 amide bonds. The number of aromatic carboxylic acids is 1. The van der Waals surface area contributed by atoms with E-state index in [4.69, 9.17) is 15.6 Å². The zero-order chi connectivity index (χ0) is 10.8. The highest BCUT2D eigenvalue weighted by Crippen LogP contribution is 2.29. The Morgan fingerprint density at radius 1 is 1.60 bits per heavy atom. The number of pyridine rings is 1. The van der Waals surface area contributed by atoms with Gasteiger partial charge in [0.15, 0.2) is 5.75 Å².